The first-order chi connectivity index (χ1) is 18.8. The fourth-order valence-electron chi connectivity index (χ4n) is 6.81. The summed E-state index contributed by atoms with van der Waals surface area (Å²) in [4.78, 5) is 12.7. The minimum absolute atomic E-state index is 0.369. The zero-order valence-electron chi connectivity index (χ0n) is 22.9. The standard InChI is InChI=1S/C33H42N4O/c1-2-3-6-20-36(31-13-7-9-26-10-8-18-35-32(26)31)24-29-33-28(14-19-34-29)27-11-4-5-12-30(27)37(33)21-15-25-16-22-38-23-17-25/h4-5,8,10-12,14,18-19,25,31H,2-3,6-7,9,13,15-17,20-24H2,1H3/t31-/m0/s1. The number of nitrogens with zero attached hydrogens (tertiary/aromatic N) is 4. The second-order valence-corrected chi connectivity index (χ2v) is 11.3. The van der Waals surface area contributed by atoms with Gasteiger partial charge in [-0.25, -0.2) is 0 Å². The highest BCUT2D eigenvalue weighted by atomic mass is 16.5. The summed E-state index contributed by atoms with van der Waals surface area (Å²) >= 11 is 0. The van der Waals surface area contributed by atoms with Crippen LogP contribution in [-0.2, 0) is 24.2 Å². The van der Waals surface area contributed by atoms with Crippen molar-refractivity contribution in [2.24, 2.45) is 5.92 Å². The number of fused-ring (bicyclic) bond motifs is 4. The Labute approximate surface area is 227 Å². The molecule has 1 aliphatic carbocycles. The predicted molar refractivity (Wildman–Crippen MR) is 155 cm³/mol. The first kappa shape index (κ1) is 25.5. The van der Waals surface area contributed by atoms with E-state index in [9.17, 15) is 0 Å². The van der Waals surface area contributed by atoms with Gasteiger partial charge in [-0.05, 0) is 81.2 Å². The van der Waals surface area contributed by atoms with Gasteiger partial charge in [0.15, 0.2) is 0 Å². The minimum atomic E-state index is 0.369. The van der Waals surface area contributed by atoms with Gasteiger partial charge in [-0.15, -0.1) is 0 Å². The van der Waals surface area contributed by atoms with Crippen LogP contribution in [0.15, 0.2) is 54.9 Å². The lowest BCUT2D eigenvalue weighted by Crippen LogP contribution is -2.33. The molecule has 4 aromatic rings. The number of ether oxygens (including phenoxy) is 1. The Morgan fingerprint density at radius 1 is 0.947 bits per heavy atom. The Balaban J connectivity index is 1.38. The van der Waals surface area contributed by atoms with Crippen LogP contribution in [0.5, 0.6) is 0 Å². The topological polar surface area (TPSA) is 43.2 Å². The molecular weight excluding hydrogens is 468 g/mol. The maximum Gasteiger partial charge on any atom is 0.0786 e. The largest absolute Gasteiger partial charge is 0.381 e. The number of para-hydroxylation sites is 1. The number of hydrogen-bond acceptors (Lipinski definition) is 4. The van der Waals surface area contributed by atoms with Crippen LogP contribution < -0.4 is 0 Å². The molecule has 0 N–H and O–H groups in total. The van der Waals surface area contributed by atoms with Crippen molar-refractivity contribution in [2.45, 2.75) is 83.8 Å². The molecule has 0 bridgehead atoms. The van der Waals surface area contributed by atoms with Gasteiger partial charge in [0.1, 0.15) is 0 Å². The summed E-state index contributed by atoms with van der Waals surface area (Å²) in [6, 6.07) is 15.9. The lowest BCUT2D eigenvalue weighted by Gasteiger charge is -2.35. The average molecular weight is 511 g/mol. The van der Waals surface area contributed by atoms with E-state index in [0.29, 0.717) is 6.04 Å². The van der Waals surface area contributed by atoms with Crippen molar-refractivity contribution in [1.29, 1.82) is 0 Å². The SMILES string of the molecule is CCCCCN(Cc1nccc2c3ccccc3n(CCC3CCOCC3)c12)[C@H]1CCCc2cccnc21. The highest BCUT2D eigenvalue weighted by molar-refractivity contribution is 6.08. The van der Waals surface area contributed by atoms with Gasteiger partial charge in [0.2, 0.25) is 0 Å². The molecule has 1 fully saturated rings. The van der Waals surface area contributed by atoms with E-state index in [1.165, 1.54) is 90.1 Å². The van der Waals surface area contributed by atoms with Gasteiger partial charge in [-0.1, -0.05) is 44.0 Å². The van der Waals surface area contributed by atoms with Crippen molar-refractivity contribution in [2.75, 3.05) is 19.8 Å². The molecule has 5 heteroatoms. The van der Waals surface area contributed by atoms with E-state index in [2.05, 4.69) is 58.9 Å². The first-order valence-corrected chi connectivity index (χ1v) is 14.9. The monoisotopic (exact) mass is 510 g/mol. The summed E-state index contributed by atoms with van der Waals surface area (Å²) in [6.45, 7) is 7.12. The quantitative estimate of drug-likeness (QED) is 0.208. The third kappa shape index (κ3) is 5.23. The number of benzene rings is 1. The highest BCUT2D eigenvalue weighted by Gasteiger charge is 2.28. The Morgan fingerprint density at radius 2 is 1.84 bits per heavy atom. The second kappa shape index (κ2) is 12.0. The van der Waals surface area contributed by atoms with E-state index in [4.69, 9.17) is 14.7 Å². The van der Waals surface area contributed by atoms with E-state index in [0.717, 1.165) is 45.2 Å². The smallest absolute Gasteiger partial charge is 0.0786 e. The van der Waals surface area contributed by atoms with Gasteiger partial charge < -0.3 is 9.30 Å². The molecule has 3 aromatic heterocycles. The van der Waals surface area contributed by atoms with E-state index >= 15 is 0 Å². The third-order valence-corrected chi connectivity index (χ3v) is 8.86. The van der Waals surface area contributed by atoms with Gasteiger partial charge in [0.25, 0.3) is 0 Å². The van der Waals surface area contributed by atoms with Crippen molar-refractivity contribution >= 4 is 21.8 Å². The molecular formula is C33H42N4O. The van der Waals surface area contributed by atoms with E-state index in [1.807, 2.05) is 12.4 Å². The molecule has 1 atom stereocenters. The molecule has 1 aliphatic heterocycles. The number of aromatic nitrogens is 3. The maximum atomic E-state index is 5.64. The minimum Gasteiger partial charge on any atom is -0.381 e. The molecule has 6 rings (SSSR count). The molecule has 1 saturated heterocycles. The summed E-state index contributed by atoms with van der Waals surface area (Å²) in [5, 5.41) is 2.69. The van der Waals surface area contributed by atoms with Crippen molar-refractivity contribution in [3.8, 4) is 0 Å². The molecule has 4 heterocycles. The molecule has 5 nitrogen and oxygen atoms in total. The molecule has 0 saturated carbocycles. The number of hydrogen-bond donors (Lipinski definition) is 0. The Hall–Kier alpha value is -2.76. The number of aryl methyl sites for hydroxylation is 2. The van der Waals surface area contributed by atoms with Crippen LogP contribution in [0.4, 0.5) is 0 Å². The van der Waals surface area contributed by atoms with Crippen LogP contribution >= 0.6 is 0 Å². The van der Waals surface area contributed by atoms with E-state index in [1.54, 1.807) is 0 Å². The highest BCUT2D eigenvalue weighted by Crippen LogP contribution is 2.36. The van der Waals surface area contributed by atoms with Crippen molar-refractivity contribution in [1.82, 2.24) is 19.4 Å². The lowest BCUT2D eigenvalue weighted by molar-refractivity contribution is 0.0628. The summed E-state index contributed by atoms with van der Waals surface area (Å²) in [5.74, 6) is 0.746. The van der Waals surface area contributed by atoms with E-state index in [-0.39, 0.29) is 0 Å². The van der Waals surface area contributed by atoms with Gasteiger partial charge >= 0.3 is 0 Å². The summed E-state index contributed by atoms with van der Waals surface area (Å²) in [6.07, 6.45) is 14.9. The van der Waals surface area contributed by atoms with Crippen molar-refractivity contribution < 1.29 is 4.74 Å². The summed E-state index contributed by atoms with van der Waals surface area (Å²) in [5.41, 5.74) is 6.61. The van der Waals surface area contributed by atoms with Gasteiger partial charge in [0, 0.05) is 55.0 Å². The fraction of sp³-hybridized carbons (Fsp3) is 0.515. The third-order valence-electron chi connectivity index (χ3n) is 8.86. The van der Waals surface area contributed by atoms with E-state index < -0.39 is 0 Å². The van der Waals surface area contributed by atoms with Gasteiger partial charge in [-0.3, -0.25) is 14.9 Å². The molecule has 0 spiro atoms. The number of rotatable bonds is 10. The van der Waals surface area contributed by atoms with Crippen LogP contribution in [0.2, 0.25) is 0 Å². The van der Waals surface area contributed by atoms with Crippen LogP contribution in [0, 0.1) is 5.92 Å². The molecule has 0 unspecified atom stereocenters. The Kier molecular flexibility index (Phi) is 8.03. The van der Waals surface area contributed by atoms with Crippen molar-refractivity contribution in [3.63, 3.8) is 0 Å². The molecule has 38 heavy (non-hydrogen) atoms. The van der Waals surface area contributed by atoms with Crippen molar-refractivity contribution in [3.05, 3.63) is 71.8 Å². The number of pyridine rings is 2. The Morgan fingerprint density at radius 3 is 2.74 bits per heavy atom. The summed E-state index contributed by atoms with van der Waals surface area (Å²) in [7, 11) is 0. The van der Waals surface area contributed by atoms with Crippen LogP contribution in [-0.4, -0.2) is 39.2 Å². The fourth-order valence-corrected chi connectivity index (χ4v) is 6.81. The first-order valence-electron chi connectivity index (χ1n) is 14.9. The number of unbranched alkanes of at least 4 members (excludes halogenated alkanes) is 2. The maximum absolute atomic E-state index is 5.64. The van der Waals surface area contributed by atoms with Gasteiger partial charge in [-0.2, -0.15) is 0 Å². The zero-order valence-corrected chi connectivity index (χ0v) is 22.9. The molecule has 0 radical (unpaired) electrons. The molecule has 0 amide bonds. The van der Waals surface area contributed by atoms with Gasteiger partial charge in [0.05, 0.1) is 22.9 Å². The molecule has 2 aliphatic rings. The average Bonchev–Trinajstić information content (AvgIpc) is 3.30. The molecule has 200 valence electrons. The lowest BCUT2D eigenvalue weighted by atomic mass is 9.90. The predicted octanol–water partition coefficient (Wildman–Crippen LogP) is 7.47. The summed E-state index contributed by atoms with van der Waals surface area (Å²) < 4.78 is 8.22. The van der Waals surface area contributed by atoms with Crippen LogP contribution in [0.25, 0.3) is 21.8 Å². The van der Waals surface area contributed by atoms with Crippen LogP contribution in [0.1, 0.15) is 81.3 Å². The second-order valence-electron chi connectivity index (χ2n) is 11.3. The molecule has 1 aromatic carbocycles. The Bertz CT molecular complexity index is 1360. The van der Waals surface area contributed by atoms with Crippen LogP contribution in [0.3, 0.4) is 0 Å². The zero-order chi connectivity index (χ0) is 25.7. The normalized spacial score (nSPS) is 18.4.